The zero-order valence-corrected chi connectivity index (χ0v) is 18.6. The van der Waals surface area contributed by atoms with Crippen molar-refractivity contribution in [2.24, 2.45) is 0 Å². The van der Waals surface area contributed by atoms with Gasteiger partial charge in [0.05, 0.1) is 20.3 Å². The molecule has 2 aromatic heterocycles. The van der Waals surface area contributed by atoms with Gasteiger partial charge in [0.2, 0.25) is 5.91 Å². The van der Waals surface area contributed by atoms with Gasteiger partial charge >= 0.3 is 0 Å². The maximum absolute atomic E-state index is 13.1. The van der Waals surface area contributed by atoms with Crippen LogP contribution in [0.3, 0.4) is 0 Å². The summed E-state index contributed by atoms with van der Waals surface area (Å²) in [6.45, 7) is 0.680. The number of benzene rings is 1. The van der Waals surface area contributed by atoms with Crippen molar-refractivity contribution in [3.63, 3.8) is 0 Å². The summed E-state index contributed by atoms with van der Waals surface area (Å²) in [5.74, 6) is 1.02. The van der Waals surface area contributed by atoms with Crippen LogP contribution in [0.2, 0.25) is 0 Å². The first-order valence-electron chi connectivity index (χ1n) is 9.76. The van der Waals surface area contributed by atoms with Gasteiger partial charge in [-0.3, -0.25) is 9.59 Å². The van der Waals surface area contributed by atoms with Gasteiger partial charge in [-0.15, -0.1) is 22.7 Å². The first-order valence-corrected chi connectivity index (χ1v) is 11.5. The summed E-state index contributed by atoms with van der Waals surface area (Å²) < 4.78 is 10.5. The molecule has 7 heteroatoms. The Morgan fingerprint density at radius 1 is 1.03 bits per heavy atom. The van der Waals surface area contributed by atoms with E-state index in [0.29, 0.717) is 23.6 Å². The van der Waals surface area contributed by atoms with Crippen molar-refractivity contribution in [1.29, 1.82) is 0 Å². The van der Waals surface area contributed by atoms with Crippen LogP contribution in [0.1, 0.15) is 44.6 Å². The third-order valence-electron chi connectivity index (χ3n) is 5.37. The number of carbonyl (C=O) groups is 2. The molecular formula is C23H23NO4S2. The molecule has 0 saturated carbocycles. The number of methoxy groups -OCH3 is 2. The molecule has 156 valence electrons. The van der Waals surface area contributed by atoms with Crippen LogP contribution in [0.25, 0.3) is 0 Å². The Morgan fingerprint density at radius 3 is 2.60 bits per heavy atom. The van der Waals surface area contributed by atoms with E-state index in [-0.39, 0.29) is 30.6 Å². The number of thiophene rings is 2. The molecule has 30 heavy (non-hydrogen) atoms. The molecular weight excluding hydrogens is 418 g/mol. The first kappa shape index (κ1) is 20.6. The van der Waals surface area contributed by atoms with E-state index in [1.165, 1.54) is 17.6 Å². The van der Waals surface area contributed by atoms with Gasteiger partial charge < -0.3 is 14.4 Å². The molecule has 0 N–H and O–H groups in total. The number of ether oxygens (including phenoxy) is 2. The molecule has 0 fully saturated rings. The molecule has 3 aromatic rings. The van der Waals surface area contributed by atoms with Crippen LogP contribution in [-0.4, -0.2) is 37.4 Å². The second-order valence-corrected chi connectivity index (χ2v) is 9.03. The van der Waals surface area contributed by atoms with Crippen LogP contribution < -0.4 is 9.47 Å². The van der Waals surface area contributed by atoms with Crippen molar-refractivity contribution < 1.29 is 19.1 Å². The molecule has 0 aliphatic carbocycles. The van der Waals surface area contributed by atoms with Crippen LogP contribution in [-0.2, 0) is 11.2 Å². The monoisotopic (exact) mass is 441 g/mol. The van der Waals surface area contributed by atoms with Gasteiger partial charge in [-0.25, -0.2) is 0 Å². The molecule has 0 saturated heterocycles. The van der Waals surface area contributed by atoms with Crippen molar-refractivity contribution in [2.75, 3.05) is 20.8 Å². The molecule has 1 atom stereocenters. The zero-order chi connectivity index (χ0) is 21.1. The maximum atomic E-state index is 13.1. The fourth-order valence-corrected chi connectivity index (χ4v) is 5.62. The fourth-order valence-electron chi connectivity index (χ4n) is 3.86. The molecule has 1 aliphatic heterocycles. The predicted molar refractivity (Wildman–Crippen MR) is 119 cm³/mol. The van der Waals surface area contributed by atoms with Crippen LogP contribution >= 0.6 is 22.7 Å². The lowest BCUT2D eigenvalue weighted by Crippen LogP contribution is -2.39. The van der Waals surface area contributed by atoms with Crippen molar-refractivity contribution in [3.8, 4) is 11.5 Å². The minimum atomic E-state index is -0.0785. The largest absolute Gasteiger partial charge is 0.493 e. The summed E-state index contributed by atoms with van der Waals surface area (Å²) >= 11 is 3.42. The van der Waals surface area contributed by atoms with E-state index < -0.39 is 0 Å². The number of fused-ring (bicyclic) bond motifs is 1. The van der Waals surface area contributed by atoms with E-state index >= 15 is 0 Å². The van der Waals surface area contributed by atoms with Crippen molar-refractivity contribution in [2.45, 2.75) is 25.3 Å². The van der Waals surface area contributed by atoms with Crippen LogP contribution in [0, 0.1) is 0 Å². The highest BCUT2D eigenvalue weighted by atomic mass is 32.1. The van der Waals surface area contributed by atoms with Gasteiger partial charge in [-0.2, -0.15) is 0 Å². The average molecular weight is 442 g/mol. The number of hydrogen-bond donors (Lipinski definition) is 0. The molecule has 1 amide bonds. The first-order chi connectivity index (χ1) is 14.6. The Labute approximate surface area is 183 Å². The molecule has 4 rings (SSSR count). The smallest absolute Gasteiger partial charge is 0.223 e. The molecule has 0 spiro atoms. The van der Waals surface area contributed by atoms with E-state index in [1.807, 2.05) is 16.3 Å². The fraction of sp³-hybridized carbons (Fsp3) is 0.304. The summed E-state index contributed by atoms with van der Waals surface area (Å²) in [6, 6.07) is 11.3. The van der Waals surface area contributed by atoms with Crippen LogP contribution in [0.5, 0.6) is 11.5 Å². The van der Waals surface area contributed by atoms with E-state index in [1.54, 1.807) is 48.0 Å². The molecule has 5 nitrogen and oxygen atoms in total. The lowest BCUT2D eigenvalue weighted by molar-refractivity contribution is -0.133. The highest BCUT2D eigenvalue weighted by Crippen LogP contribution is 2.39. The van der Waals surface area contributed by atoms with Gasteiger partial charge in [-0.1, -0.05) is 6.07 Å². The Hall–Kier alpha value is -2.64. The summed E-state index contributed by atoms with van der Waals surface area (Å²) in [6.07, 6.45) is 1.22. The van der Waals surface area contributed by atoms with Gasteiger partial charge in [0.25, 0.3) is 0 Å². The number of hydrogen-bond acceptors (Lipinski definition) is 6. The summed E-state index contributed by atoms with van der Waals surface area (Å²) in [7, 11) is 3.09. The normalized spacial score (nSPS) is 15.5. The molecule has 1 aliphatic rings. The standard InChI is InChI=1S/C23H23NO4S2/c1-27-18-7-5-15(14-19(18)28-2)17(25)6-8-22(26)24-11-9-20-16(10-13-30-20)23(24)21-4-3-12-29-21/h3-5,7,10,12-14,23H,6,8-9,11H2,1-2H3/t23-/m0/s1. The lowest BCUT2D eigenvalue weighted by atomic mass is 9.97. The topological polar surface area (TPSA) is 55.8 Å². The van der Waals surface area contributed by atoms with Gasteiger partial charge in [0, 0.05) is 34.7 Å². The van der Waals surface area contributed by atoms with E-state index in [9.17, 15) is 9.59 Å². The minimum Gasteiger partial charge on any atom is -0.493 e. The second-order valence-electron chi connectivity index (χ2n) is 7.05. The Kier molecular flexibility index (Phi) is 6.20. The quantitative estimate of drug-likeness (QED) is 0.486. The van der Waals surface area contributed by atoms with E-state index in [0.717, 1.165) is 11.3 Å². The average Bonchev–Trinajstić information content (AvgIpc) is 3.47. The SMILES string of the molecule is COc1ccc(C(=O)CCC(=O)N2CCc3sccc3[C@H]2c2cccs2)cc1OC. The van der Waals surface area contributed by atoms with E-state index in [2.05, 4.69) is 17.5 Å². The number of Topliss-reactive ketones (excluding diaryl/α,β-unsaturated/α-hetero) is 1. The maximum Gasteiger partial charge on any atom is 0.223 e. The number of amides is 1. The number of nitrogens with zero attached hydrogens (tertiary/aromatic N) is 1. The molecule has 0 bridgehead atoms. The lowest BCUT2D eigenvalue weighted by Gasteiger charge is -2.35. The highest BCUT2D eigenvalue weighted by molar-refractivity contribution is 7.10. The molecule has 1 aromatic carbocycles. The number of rotatable bonds is 7. The van der Waals surface area contributed by atoms with Crippen molar-refractivity contribution >= 4 is 34.4 Å². The van der Waals surface area contributed by atoms with Gasteiger partial charge in [0.1, 0.15) is 0 Å². The van der Waals surface area contributed by atoms with Crippen LogP contribution in [0.15, 0.2) is 47.2 Å². The van der Waals surface area contributed by atoms with Gasteiger partial charge in [-0.05, 0) is 53.1 Å². The number of carbonyl (C=O) groups excluding carboxylic acids is 2. The van der Waals surface area contributed by atoms with Crippen molar-refractivity contribution in [3.05, 3.63) is 68.0 Å². The molecule has 0 radical (unpaired) electrons. The predicted octanol–water partition coefficient (Wildman–Crippen LogP) is 4.96. The third-order valence-corrected chi connectivity index (χ3v) is 7.29. The minimum absolute atomic E-state index is 0.0130. The van der Waals surface area contributed by atoms with E-state index in [4.69, 9.17) is 9.47 Å². The summed E-state index contributed by atoms with van der Waals surface area (Å²) in [4.78, 5) is 30.3. The molecule has 3 heterocycles. The summed E-state index contributed by atoms with van der Waals surface area (Å²) in [5.41, 5.74) is 1.74. The zero-order valence-electron chi connectivity index (χ0n) is 16.9. The Morgan fingerprint density at radius 2 is 1.87 bits per heavy atom. The van der Waals surface area contributed by atoms with Crippen LogP contribution in [0.4, 0.5) is 0 Å². The highest BCUT2D eigenvalue weighted by Gasteiger charge is 2.33. The second kappa shape index (κ2) is 9.02. The Bertz CT molecular complexity index is 1040. The van der Waals surface area contributed by atoms with Gasteiger partial charge in [0.15, 0.2) is 17.3 Å². The van der Waals surface area contributed by atoms with Crippen molar-refractivity contribution in [1.82, 2.24) is 4.90 Å². The summed E-state index contributed by atoms with van der Waals surface area (Å²) in [5, 5.41) is 4.14. The third kappa shape index (κ3) is 4.00. The molecule has 0 unspecified atom stereocenters. The Balaban J connectivity index is 1.48. The number of ketones is 1.